The van der Waals surface area contributed by atoms with Crippen LogP contribution >= 0.6 is 0 Å². The van der Waals surface area contributed by atoms with E-state index in [1.165, 1.54) is 13.2 Å². The number of ether oxygens (including phenoxy) is 2. The van der Waals surface area contributed by atoms with Crippen LogP contribution in [0.3, 0.4) is 0 Å². The van der Waals surface area contributed by atoms with Crippen LogP contribution < -0.4 is 15.0 Å². The summed E-state index contributed by atoms with van der Waals surface area (Å²) in [5.74, 6) is -5.20. The highest BCUT2D eigenvalue weighted by molar-refractivity contribution is 5.84. The number of carbonyl (C=O) groups is 1. The predicted molar refractivity (Wildman–Crippen MR) is 131 cm³/mol. The summed E-state index contributed by atoms with van der Waals surface area (Å²) < 4.78 is 81.1. The van der Waals surface area contributed by atoms with Gasteiger partial charge in [0.05, 0.1) is 24.2 Å². The van der Waals surface area contributed by atoms with Crippen molar-refractivity contribution < 1.29 is 41.4 Å². The number of hydroxylamine groups is 1. The normalized spacial score (nSPS) is 16.2. The molecule has 1 aromatic heterocycles. The average molecular weight is 554 g/mol. The zero-order chi connectivity index (χ0) is 28.2. The summed E-state index contributed by atoms with van der Waals surface area (Å²) in [5, 5.41) is 9.65. The minimum absolute atomic E-state index is 0.0336. The first-order valence-corrected chi connectivity index (χ1v) is 12.4. The molecule has 1 atom stereocenters. The topological polar surface area (TPSA) is 83.9 Å². The molecule has 4 rings (SSSR count). The molecule has 1 unspecified atom stereocenters. The van der Waals surface area contributed by atoms with E-state index < -0.39 is 46.5 Å². The van der Waals surface area contributed by atoms with Gasteiger partial charge in [-0.1, -0.05) is 0 Å². The third-order valence-corrected chi connectivity index (χ3v) is 7.28. The van der Waals surface area contributed by atoms with E-state index in [0.717, 1.165) is 12.3 Å². The average Bonchev–Trinajstić information content (AvgIpc) is 2.94. The monoisotopic (exact) mass is 553 g/mol. The molecule has 2 aromatic carbocycles. The highest BCUT2D eigenvalue weighted by atomic mass is 19.2. The molecule has 1 aliphatic heterocycles. The van der Waals surface area contributed by atoms with Crippen molar-refractivity contribution in [2.45, 2.75) is 31.9 Å². The molecule has 2 N–H and O–H groups in total. The molecule has 210 valence electrons. The SMILES string of the molecule is COc1ccc2ncc(F)c(C(F)CCC3(C(=O)NO)CCN(CCOc4cc(F)cc(F)c4F)CC3)c2c1. The van der Waals surface area contributed by atoms with Gasteiger partial charge in [0, 0.05) is 29.6 Å². The molecule has 1 fully saturated rings. The van der Waals surface area contributed by atoms with E-state index in [0.29, 0.717) is 30.4 Å². The van der Waals surface area contributed by atoms with Gasteiger partial charge in [0.25, 0.3) is 0 Å². The maximum absolute atomic E-state index is 15.5. The molecule has 1 aliphatic rings. The van der Waals surface area contributed by atoms with Gasteiger partial charge in [0.2, 0.25) is 11.7 Å². The minimum Gasteiger partial charge on any atom is -0.497 e. The van der Waals surface area contributed by atoms with Crippen LogP contribution in [0.25, 0.3) is 10.9 Å². The fraction of sp³-hybridized carbons (Fsp3) is 0.407. The first kappa shape index (κ1) is 28.5. The Morgan fingerprint density at radius 1 is 1.15 bits per heavy atom. The highest BCUT2D eigenvalue weighted by Crippen LogP contribution is 2.41. The fourth-order valence-electron chi connectivity index (χ4n) is 5.00. The van der Waals surface area contributed by atoms with E-state index in [1.807, 2.05) is 4.90 Å². The maximum Gasteiger partial charge on any atom is 0.249 e. The van der Waals surface area contributed by atoms with Gasteiger partial charge in [-0.2, -0.15) is 4.39 Å². The number of likely N-dealkylation sites (tertiary alicyclic amines) is 1. The number of amides is 1. The number of methoxy groups -OCH3 is 1. The van der Waals surface area contributed by atoms with E-state index in [2.05, 4.69) is 4.98 Å². The van der Waals surface area contributed by atoms with Gasteiger partial charge in [-0.15, -0.1) is 0 Å². The van der Waals surface area contributed by atoms with E-state index in [9.17, 15) is 27.6 Å². The largest absolute Gasteiger partial charge is 0.497 e. The molecule has 2 heterocycles. The Morgan fingerprint density at radius 2 is 1.90 bits per heavy atom. The van der Waals surface area contributed by atoms with Gasteiger partial charge in [-0.3, -0.25) is 19.9 Å². The Morgan fingerprint density at radius 3 is 2.59 bits per heavy atom. The number of rotatable bonds is 10. The van der Waals surface area contributed by atoms with Crippen molar-refractivity contribution in [3.05, 3.63) is 65.4 Å². The number of hydrogen-bond donors (Lipinski definition) is 2. The van der Waals surface area contributed by atoms with Crippen LogP contribution in [0.2, 0.25) is 0 Å². The first-order chi connectivity index (χ1) is 18.7. The summed E-state index contributed by atoms with van der Waals surface area (Å²) >= 11 is 0. The van der Waals surface area contributed by atoms with Crippen molar-refractivity contribution in [3.8, 4) is 11.5 Å². The molecule has 3 aromatic rings. The second-order valence-electron chi connectivity index (χ2n) is 9.52. The molecule has 1 saturated heterocycles. The standard InChI is InChI=1S/C27H28F5N3O4/c1-38-17-2-3-22-18(14-17)24(21(31)15-33-22)19(29)4-5-27(26(36)34-37)6-8-35(9-7-27)10-11-39-23-13-16(28)12-20(30)25(23)32/h2-3,12-15,19,37H,4-11H2,1H3,(H,34,36). The second kappa shape index (κ2) is 12.1. The quantitative estimate of drug-likeness (QED) is 0.154. The highest BCUT2D eigenvalue weighted by Gasteiger charge is 2.41. The molecule has 0 aliphatic carbocycles. The number of pyridine rings is 1. The molecule has 39 heavy (non-hydrogen) atoms. The van der Waals surface area contributed by atoms with Gasteiger partial charge in [-0.05, 0) is 57.0 Å². The molecule has 1 amide bonds. The smallest absolute Gasteiger partial charge is 0.249 e. The van der Waals surface area contributed by atoms with Crippen molar-refractivity contribution >= 4 is 16.8 Å². The van der Waals surface area contributed by atoms with Gasteiger partial charge in [0.1, 0.15) is 30.2 Å². The predicted octanol–water partition coefficient (Wildman–Crippen LogP) is 5.26. The van der Waals surface area contributed by atoms with Crippen LogP contribution in [0.1, 0.15) is 37.4 Å². The zero-order valence-corrected chi connectivity index (χ0v) is 21.2. The molecule has 0 spiro atoms. The lowest BCUT2D eigenvalue weighted by molar-refractivity contribution is -0.143. The summed E-state index contributed by atoms with van der Waals surface area (Å²) in [6.45, 7) is 0.925. The number of nitrogens with one attached hydrogen (secondary N) is 1. The van der Waals surface area contributed by atoms with Crippen LogP contribution in [0.4, 0.5) is 22.0 Å². The van der Waals surface area contributed by atoms with E-state index in [1.54, 1.807) is 17.6 Å². The van der Waals surface area contributed by atoms with Crippen molar-refractivity contribution in [3.63, 3.8) is 0 Å². The summed E-state index contributed by atoms with van der Waals surface area (Å²) in [6.07, 6.45) is -0.443. The summed E-state index contributed by atoms with van der Waals surface area (Å²) in [7, 11) is 1.44. The lowest BCUT2D eigenvalue weighted by atomic mass is 9.73. The van der Waals surface area contributed by atoms with Gasteiger partial charge in [-0.25, -0.2) is 23.0 Å². The Balaban J connectivity index is 1.40. The lowest BCUT2D eigenvalue weighted by Gasteiger charge is -2.40. The summed E-state index contributed by atoms with van der Waals surface area (Å²) in [4.78, 5) is 18.6. The van der Waals surface area contributed by atoms with E-state index >= 15 is 4.39 Å². The third-order valence-electron chi connectivity index (χ3n) is 7.28. The van der Waals surface area contributed by atoms with Crippen LogP contribution in [0, 0.1) is 28.7 Å². The van der Waals surface area contributed by atoms with Crippen molar-refractivity contribution in [1.82, 2.24) is 15.4 Å². The number of halogens is 5. The Bertz CT molecular complexity index is 1330. The molecular weight excluding hydrogens is 525 g/mol. The van der Waals surface area contributed by atoms with Crippen LogP contribution in [-0.2, 0) is 4.79 Å². The van der Waals surface area contributed by atoms with Gasteiger partial charge >= 0.3 is 0 Å². The zero-order valence-electron chi connectivity index (χ0n) is 21.2. The van der Waals surface area contributed by atoms with Crippen LogP contribution in [-0.4, -0.2) is 54.3 Å². The first-order valence-electron chi connectivity index (χ1n) is 12.4. The number of fused-ring (bicyclic) bond motifs is 1. The van der Waals surface area contributed by atoms with Crippen LogP contribution in [0.15, 0.2) is 36.5 Å². The number of benzene rings is 2. The third kappa shape index (κ3) is 6.22. The molecule has 0 saturated carbocycles. The van der Waals surface area contributed by atoms with E-state index in [-0.39, 0.29) is 49.8 Å². The lowest BCUT2D eigenvalue weighted by Crippen LogP contribution is -2.49. The number of hydrogen-bond acceptors (Lipinski definition) is 6. The molecular formula is C27H28F5N3O4. The number of carbonyl (C=O) groups excluding carboxylic acids is 1. The van der Waals surface area contributed by atoms with Gasteiger partial charge < -0.3 is 9.47 Å². The molecule has 0 bridgehead atoms. The minimum atomic E-state index is -1.75. The van der Waals surface area contributed by atoms with Crippen molar-refractivity contribution in [2.24, 2.45) is 5.41 Å². The fourth-order valence-corrected chi connectivity index (χ4v) is 5.00. The Labute approximate surface area is 221 Å². The number of piperidine rings is 1. The molecule has 0 radical (unpaired) electrons. The number of alkyl halides is 1. The molecule has 12 heteroatoms. The summed E-state index contributed by atoms with van der Waals surface area (Å²) in [6, 6.07) is 5.92. The number of nitrogens with zero attached hydrogens (tertiary/aromatic N) is 2. The number of aromatic nitrogens is 1. The van der Waals surface area contributed by atoms with Crippen molar-refractivity contribution in [2.75, 3.05) is 33.4 Å². The summed E-state index contributed by atoms with van der Waals surface area (Å²) in [5.41, 5.74) is 0.793. The van der Waals surface area contributed by atoms with Crippen LogP contribution in [0.5, 0.6) is 11.5 Å². The molecule has 7 nitrogen and oxygen atoms in total. The van der Waals surface area contributed by atoms with E-state index in [4.69, 9.17) is 9.47 Å². The second-order valence-corrected chi connectivity index (χ2v) is 9.52. The van der Waals surface area contributed by atoms with Gasteiger partial charge in [0.15, 0.2) is 11.6 Å². The maximum atomic E-state index is 15.5. The van der Waals surface area contributed by atoms with Crippen molar-refractivity contribution in [1.29, 1.82) is 0 Å². The Hall–Kier alpha value is -3.51. The Kier molecular flexibility index (Phi) is 8.86.